The molecule has 3 aromatic rings. The monoisotopic (exact) mass is 254 g/mol. The van der Waals surface area contributed by atoms with Crippen molar-refractivity contribution in [3.05, 3.63) is 42.2 Å². The van der Waals surface area contributed by atoms with Crippen molar-refractivity contribution < 1.29 is 4.42 Å². The van der Waals surface area contributed by atoms with Gasteiger partial charge in [0.2, 0.25) is 0 Å². The lowest BCUT2D eigenvalue weighted by Gasteiger charge is -2.06. The predicted octanol–water partition coefficient (Wildman–Crippen LogP) is 4.40. The van der Waals surface area contributed by atoms with Crippen molar-refractivity contribution in [3.8, 4) is 11.6 Å². The molecule has 1 aromatic carbocycles. The normalized spacial score (nSPS) is 11.3. The van der Waals surface area contributed by atoms with Crippen molar-refractivity contribution in [1.82, 2.24) is 9.55 Å². The Morgan fingerprint density at radius 1 is 1.16 bits per heavy atom. The lowest BCUT2D eigenvalue weighted by molar-refractivity contribution is 0.536. The zero-order chi connectivity index (χ0) is 13.2. The SMILES string of the molecule is CCCCn1c(-c2ccc(C)o2)nc2ccccc21. The third kappa shape index (κ3) is 2.16. The molecule has 2 aromatic heterocycles. The Morgan fingerprint density at radius 2 is 2.00 bits per heavy atom. The van der Waals surface area contributed by atoms with Gasteiger partial charge in [-0.25, -0.2) is 4.98 Å². The maximum atomic E-state index is 5.74. The number of aromatic nitrogens is 2. The van der Waals surface area contributed by atoms with Gasteiger partial charge in [0.1, 0.15) is 5.76 Å². The van der Waals surface area contributed by atoms with Gasteiger partial charge in [-0.2, -0.15) is 0 Å². The first kappa shape index (κ1) is 12.0. The fourth-order valence-corrected chi connectivity index (χ4v) is 2.36. The molecule has 0 aliphatic heterocycles. The van der Waals surface area contributed by atoms with Crippen LogP contribution in [0.5, 0.6) is 0 Å². The number of furan rings is 1. The van der Waals surface area contributed by atoms with Crippen LogP contribution < -0.4 is 0 Å². The third-order valence-electron chi connectivity index (χ3n) is 3.35. The van der Waals surface area contributed by atoms with Crippen LogP contribution in [0.25, 0.3) is 22.6 Å². The molecule has 3 nitrogen and oxygen atoms in total. The second-order valence-corrected chi connectivity index (χ2v) is 4.84. The molecule has 0 bridgehead atoms. The first-order valence-corrected chi connectivity index (χ1v) is 6.81. The van der Waals surface area contributed by atoms with Crippen LogP contribution in [-0.4, -0.2) is 9.55 Å². The molecular formula is C16H18N2O. The first-order chi connectivity index (χ1) is 9.29. The summed E-state index contributed by atoms with van der Waals surface area (Å²) in [6, 6.07) is 12.2. The zero-order valence-corrected chi connectivity index (χ0v) is 11.4. The van der Waals surface area contributed by atoms with Crippen molar-refractivity contribution in [1.29, 1.82) is 0 Å². The summed E-state index contributed by atoms with van der Waals surface area (Å²) in [6.45, 7) is 5.14. The minimum atomic E-state index is 0.852. The number of aryl methyl sites for hydroxylation is 2. The second kappa shape index (κ2) is 4.92. The number of hydrogen-bond acceptors (Lipinski definition) is 2. The number of imidazole rings is 1. The highest BCUT2D eigenvalue weighted by Crippen LogP contribution is 2.26. The largest absolute Gasteiger partial charge is 0.458 e. The number of benzene rings is 1. The van der Waals surface area contributed by atoms with Crippen LogP contribution in [0.15, 0.2) is 40.8 Å². The summed E-state index contributed by atoms with van der Waals surface area (Å²) in [7, 11) is 0. The molecule has 0 amide bonds. The van der Waals surface area contributed by atoms with E-state index in [-0.39, 0.29) is 0 Å². The molecule has 2 heterocycles. The van der Waals surface area contributed by atoms with E-state index in [1.807, 2.05) is 25.1 Å². The van der Waals surface area contributed by atoms with E-state index in [9.17, 15) is 0 Å². The standard InChI is InChI=1S/C16H18N2O/c1-3-4-11-18-14-8-6-5-7-13(14)17-16(18)15-10-9-12(2)19-15/h5-10H,3-4,11H2,1-2H3. The highest BCUT2D eigenvalue weighted by Gasteiger charge is 2.14. The Hall–Kier alpha value is -2.03. The molecule has 0 N–H and O–H groups in total. The van der Waals surface area contributed by atoms with E-state index >= 15 is 0 Å². The summed E-state index contributed by atoms with van der Waals surface area (Å²) in [5.74, 6) is 2.71. The molecule has 0 spiro atoms. The van der Waals surface area contributed by atoms with Crippen LogP contribution in [0.3, 0.4) is 0 Å². The van der Waals surface area contributed by atoms with Gasteiger partial charge in [-0.1, -0.05) is 25.5 Å². The Morgan fingerprint density at radius 3 is 2.74 bits per heavy atom. The van der Waals surface area contributed by atoms with Gasteiger partial charge in [0.05, 0.1) is 11.0 Å². The van der Waals surface area contributed by atoms with Crippen molar-refractivity contribution in [2.75, 3.05) is 0 Å². The Labute approximate surface area is 112 Å². The Balaban J connectivity index is 2.16. The molecular weight excluding hydrogens is 236 g/mol. The van der Waals surface area contributed by atoms with Gasteiger partial charge in [-0.15, -0.1) is 0 Å². The maximum Gasteiger partial charge on any atom is 0.177 e. The van der Waals surface area contributed by atoms with Crippen LogP contribution in [-0.2, 0) is 6.54 Å². The van der Waals surface area contributed by atoms with E-state index in [1.165, 1.54) is 11.9 Å². The lowest BCUT2D eigenvalue weighted by atomic mass is 10.3. The van der Waals surface area contributed by atoms with Gasteiger partial charge < -0.3 is 8.98 Å². The van der Waals surface area contributed by atoms with Gasteiger partial charge in [0.25, 0.3) is 0 Å². The minimum Gasteiger partial charge on any atom is -0.458 e. The summed E-state index contributed by atoms with van der Waals surface area (Å²) in [6.07, 6.45) is 2.32. The molecule has 0 saturated carbocycles. The second-order valence-electron chi connectivity index (χ2n) is 4.84. The number of para-hydroxylation sites is 2. The third-order valence-corrected chi connectivity index (χ3v) is 3.35. The van der Waals surface area contributed by atoms with Crippen molar-refractivity contribution >= 4 is 11.0 Å². The lowest BCUT2D eigenvalue weighted by Crippen LogP contribution is -1.99. The summed E-state index contributed by atoms with van der Waals surface area (Å²) < 4.78 is 8.00. The average Bonchev–Trinajstić information content (AvgIpc) is 3.00. The zero-order valence-electron chi connectivity index (χ0n) is 11.4. The molecule has 19 heavy (non-hydrogen) atoms. The van der Waals surface area contributed by atoms with Crippen molar-refractivity contribution in [2.45, 2.75) is 33.2 Å². The highest BCUT2D eigenvalue weighted by molar-refractivity contribution is 5.79. The van der Waals surface area contributed by atoms with E-state index in [0.717, 1.165) is 35.8 Å². The summed E-state index contributed by atoms with van der Waals surface area (Å²) >= 11 is 0. The molecule has 0 fully saturated rings. The predicted molar refractivity (Wildman–Crippen MR) is 77.1 cm³/mol. The van der Waals surface area contributed by atoms with Gasteiger partial charge in [0, 0.05) is 6.54 Å². The van der Waals surface area contributed by atoms with Gasteiger partial charge >= 0.3 is 0 Å². The molecule has 3 rings (SSSR count). The highest BCUT2D eigenvalue weighted by atomic mass is 16.3. The molecule has 3 heteroatoms. The number of fused-ring (bicyclic) bond motifs is 1. The average molecular weight is 254 g/mol. The number of rotatable bonds is 4. The maximum absolute atomic E-state index is 5.74. The van der Waals surface area contributed by atoms with Crippen LogP contribution in [0.1, 0.15) is 25.5 Å². The molecule has 98 valence electrons. The first-order valence-electron chi connectivity index (χ1n) is 6.81. The van der Waals surface area contributed by atoms with Crippen LogP contribution >= 0.6 is 0 Å². The smallest absolute Gasteiger partial charge is 0.177 e. The number of hydrogen-bond donors (Lipinski definition) is 0. The Bertz CT molecular complexity index is 694. The molecule has 0 aliphatic carbocycles. The van der Waals surface area contributed by atoms with Crippen LogP contribution in [0.4, 0.5) is 0 Å². The minimum absolute atomic E-state index is 0.852. The van der Waals surface area contributed by atoms with Gasteiger partial charge in [-0.05, 0) is 37.6 Å². The summed E-state index contributed by atoms with van der Waals surface area (Å²) in [5, 5.41) is 0. The van der Waals surface area contributed by atoms with Gasteiger partial charge in [0.15, 0.2) is 11.6 Å². The van der Waals surface area contributed by atoms with Crippen LogP contribution in [0, 0.1) is 6.92 Å². The Kier molecular flexibility index (Phi) is 3.11. The fourth-order valence-electron chi connectivity index (χ4n) is 2.36. The topological polar surface area (TPSA) is 31.0 Å². The summed E-state index contributed by atoms with van der Waals surface area (Å²) in [4.78, 5) is 4.72. The molecule has 0 atom stereocenters. The van der Waals surface area contributed by atoms with E-state index in [0.29, 0.717) is 0 Å². The molecule has 0 unspecified atom stereocenters. The van der Waals surface area contributed by atoms with Gasteiger partial charge in [-0.3, -0.25) is 0 Å². The van der Waals surface area contributed by atoms with Crippen molar-refractivity contribution in [3.63, 3.8) is 0 Å². The summed E-state index contributed by atoms with van der Waals surface area (Å²) in [5.41, 5.74) is 2.21. The number of nitrogens with zero attached hydrogens (tertiary/aromatic N) is 2. The van der Waals surface area contributed by atoms with E-state index < -0.39 is 0 Å². The van der Waals surface area contributed by atoms with Crippen molar-refractivity contribution in [2.24, 2.45) is 0 Å². The molecule has 0 radical (unpaired) electrons. The van der Waals surface area contributed by atoms with E-state index in [4.69, 9.17) is 9.40 Å². The van der Waals surface area contributed by atoms with Crippen LogP contribution in [0.2, 0.25) is 0 Å². The molecule has 0 aliphatic rings. The quantitative estimate of drug-likeness (QED) is 0.690. The number of unbranched alkanes of at least 4 members (excludes halogenated alkanes) is 1. The van der Waals surface area contributed by atoms with E-state index in [1.54, 1.807) is 0 Å². The molecule has 0 saturated heterocycles. The van der Waals surface area contributed by atoms with E-state index in [2.05, 4.69) is 29.7 Å². The fraction of sp³-hybridized carbons (Fsp3) is 0.312.